The van der Waals surface area contributed by atoms with Gasteiger partial charge in [0.25, 0.3) is 0 Å². The summed E-state index contributed by atoms with van der Waals surface area (Å²) in [5, 5.41) is 0.262. The van der Waals surface area contributed by atoms with E-state index in [1.165, 1.54) is 6.42 Å². The van der Waals surface area contributed by atoms with Crippen LogP contribution in [0.15, 0.2) is 6.33 Å². The van der Waals surface area contributed by atoms with Crippen molar-refractivity contribution in [2.45, 2.75) is 20.3 Å². The van der Waals surface area contributed by atoms with Crippen molar-refractivity contribution in [2.24, 2.45) is 11.8 Å². The van der Waals surface area contributed by atoms with Crippen LogP contribution >= 0.6 is 11.6 Å². The molecular formula is C12H16ClN5. The lowest BCUT2D eigenvalue weighted by molar-refractivity contribution is 0.422. The first-order valence-corrected chi connectivity index (χ1v) is 6.64. The lowest BCUT2D eigenvalue weighted by atomic mass is 9.95. The number of aromatic nitrogens is 4. The molecule has 2 aromatic heterocycles. The average molecular weight is 266 g/mol. The van der Waals surface area contributed by atoms with E-state index >= 15 is 0 Å². The van der Waals surface area contributed by atoms with Gasteiger partial charge in [0.05, 0.1) is 6.33 Å². The van der Waals surface area contributed by atoms with Gasteiger partial charge >= 0.3 is 0 Å². The predicted molar refractivity (Wildman–Crippen MR) is 71.9 cm³/mol. The first kappa shape index (κ1) is 11.7. The second kappa shape index (κ2) is 4.39. The number of hydrogen-bond acceptors (Lipinski definition) is 4. The van der Waals surface area contributed by atoms with E-state index in [1.807, 2.05) is 0 Å². The number of anilines is 1. The second-order valence-corrected chi connectivity index (χ2v) is 5.49. The number of H-pyrrole nitrogens is 1. The van der Waals surface area contributed by atoms with Crippen molar-refractivity contribution >= 4 is 28.6 Å². The van der Waals surface area contributed by atoms with Gasteiger partial charge in [-0.3, -0.25) is 0 Å². The fourth-order valence-corrected chi connectivity index (χ4v) is 2.70. The summed E-state index contributed by atoms with van der Waals surface area (Å²) in [7, 11) is 0. The van der Waals surface area contributed by atoms with Gasteiger partial charge in [0.2, 0.25) is 5.28 Å². The molecule has 1 N–H and O–H groups in total. The van der Waals surface area contributed by atoms with Gasteiger partial charge in [-0.25, -0.2) is 4.98 Å². The summed E-state index contributed by atoms with van der Waals surface area (Å²) in [6.07, 6.45) is 2.84. The fourth-order valence-electron chi connectivity index (χ4n) is 2.54. The van der Waals surface area contributed by atoms with Crippen molar-refractivity contribution < 1.29 is 0 Å². The van der Waals surface area contributed by atoms with E-state index in [0.717, 1.165) is 30.3 Å². The minimum Gasteiger partial charge on any atom is -0.354 e. The van der Waals surface area contributed by atoms with Crippen molar-refractivity contribution in [3.63, 3.8) is 0 Å². The van der Waals surface area contributed by atoms with Crippen LogP contribution in [0, 0.1) is 11.8 Å². The zero-order valence-corrected chi connectivity index (χ0v) is 11.3. The minimum absolute atomic E-state index is 0.262. The lowest BCUT2D eigenvalue weighted by Crippen LogP contribution is -2.22. The SMILES string of the molecule is CC(C)C1CCN(c2nc(Cl)nc3nc[nH]c23)C1. The van der Waals surface area contributed by atoms with E-state index in [-0.39, 0.29) is 5.28 Å². The van der Waals surface area contributed by atoms with Crippen molar-refractivity contribution in [3.05, 3.63) is 11.6 Å². The molecule has 0 saturated carbocycles. The van der Waals surface area contributed by atoms with Crippen molar-refractivity contribution in [1.82, 2.24) is 19.9 Å². The van der Waals surface area contributed by atoms with Gasteiger partial charge in [0, 0.05) is 13.1 Å². The molecule has 0 radical (unpaired) electrons. The van der Waals surface area contributed by atoms with Crippen molar-refractivity contribution in [2.75, 3.05) is 18.0 Å². The van der Waals surface area contributed by atoms with Crippen LogP contribution in [0.3, 0.4) is 0 Å². The molecule has 3 rings (SSSR count). The molecule has 1 aliphatic rings. The van der Waals surface area contributed by atoms with Crippen LogP contribution in [0.1, 0.15) is 20.3 Å². The first-order valence-electron chi connectivity index (χ1n) is 6.26. The highest BCUT2D eigenvalue weighted by atomic mass is 35.5. The third-order valence-corrected chi connectivity index (χ3v) is 3.88. The molecule has 6 heteroatoms. The quantitative estimate of drug-likeness (QED) is 0.848. The number of hydrogen-bond donors (Lipinski definition) is 1. The molecule has 0 amide bonds. The zero-order valence-electron chi connectivity index (χ0n) is 10.5. The van der Waals surface area contributed by atoms with Crippen LogP contribution in [0.2, 0.25) is 5.28 Å². The summed E-state index contributed by atoms with van der Waals surface area (Å²) in [6, 6.07) is 0. The number of imidazole rings is 1. The van der Waals surface area contributed by atoms with Gasteiger partial charge in [0.15, 0.2) is 11.5 Å². The molecule has 1 saturated heterocycles. The molecule has 2 aromatic rings. The van der Waals surface area contributed by atoms with E-state index in [9.17, 15) is 0 Å². The minimum atomic E-state index is 0.262. The molecule has 18 heavy (non-hydrogen) atoms. The van der Waals surface area contributed by atoms with Crippen LogP contribution in [0.5, 0.6) is 0 Å². The topological polar surface area (TPSA) is 57.7 Å². The van der Waals surface area contributed by atoms with Crippen LogP contribution in [0.4, 0.5) is 5.82 Å². The molecule has 1 atom stereocenters. The number of nitrogens with zero attached hydrogens (tertiary/aromatic N) is 4. The number of halogens is 1. The Bertz CT molecular complexity index is 565. The third-order valence-electron chi connectivity index (χ3n) is 3.71. The molecule has 0 aliphatic carbocycles. The Kier molecular flexibility index (Phi) is 2.86. The maximum atomic E-state index is 5.96. The van der Waals surface area contributed by atoms with E-state index in [0.29, 0.717) is 11.6 Å². The molecule has 0 spiro atoms. The number of nitrogens with one attached hydrogen (secondary N) is 1. The Morgan fingerprint density at radius 3 is 3.00 bits per heavy atom. The molecule has 0 aromatic carbocycles. The van der Waals surface area contributed by atoms with Crippen LogP contribution in [0.25, 0.3) is 11.2 Å². The molecule has 1 fully saturated rings. The smallest absolute Gasteiger partial charge is 0.226 e. The first-order chi connectivity index (χ1) is 8.65. The predicted octanol–water partition coefficient (Wildman–Crippen LogP) is 2.49. The molecule has 1 unspecified atom stereocenters. The highest BCUT2D eigenvalue weighted by Gasteiger charge is 2.27. The fraction of sp³-hybridized carbons (Fsp3) is 0.583. The van der Waals surface area contributed by atoms with E-state index in [2.05, 4.69) is 38.7 Å². The van der Waals surface area contributed by atoms with Crippen LogP contribution in [-0.2, 0) is 0 Å². The zero-order chi connectivity index (χ0) is 12.7. The van der Waals surface area contributed by atoms with Gasteiger partial charge in [0.1, 0.15) is 5.52 Å². The number of aromatic amines is 1. The molecule has 96 valence electrons. The monoisotopic (exact) mass is 265 g/mol. The molecular weight excluding hydrogens is 250 g/mol. The largest absolute Gasteiger partial charge is 0.354 e. The highest BCUT2D eigenvalue weighted by Crippen LogP contribution is 2.30. The molecule has 5 nitrogen and oxygen atoms in total. The van der Waals surface area contributed by atoms with Gasteiger partial charge in [-0.1, -0.05) is 13.8 Å². The highest BCUT2D eigenvalue weighted by molar-refractivity contribution is 6.28. The Morgan fingerprint density at radius 2 is 2.28 bits per heavy atom. The van der Waals surface area contributed by atoms with E-state index in [4.69, 9.17) is 11.6 Å². The van der Waals surface area contributed by atoms with Crippen molar-refractivity contribution in [1.29, 1.82) is 0 Å². The van der Waals surface area contributed by atoms with Crippen LogP contribution in [-0.4, -0.2) is 33.0 Å². The second-order valence-electron chi connectivity index (χ2n) is 5.16. The lowest BCUT2D eigenvalue weighted by Gasteiger charge is -2.19. The van der Waals surface area contributed by atoms with Gasteiger partial charge in [-0.05, 0) is 29.9 Å². The summed E-state index contributed by atoms with van der Waals surface area (Å²) in [4.78, 5) is 18.0. The Hall–Kier alpha value is -1.36. The maximum Gasteiger partial charge on any atom is 0.226 e. The molecule has 1 aliphatic heterocycles. The Morgan fingerprint density at radius 1 is 1.44 bits per heavy atom. The summed E-state index contributed by atoms with van der Waals surface area (Å²) in [6.45, 7) is 6.59. The number of fused-ring (bicyclic) bond motifs is 1. The van der Waals surface area contributed by atoms with Gasteiger partial charge in [-0.15, -0.1) is 0 Å². The normalized spacial score (nSPS) is 20.2. The maximum absolute atomic E-state index is 5.96. The van der Waals surface area contributed by atoms with Crippen LogP contribution < -0.4 is 4.90 Å². The summed E-state index contributed by atoms with van der Waals surface area (Å²) in [5.74, 6) is 2.30. The standard InChI is InChI=1S/C12H16ClN5/c1-7(2)8-3-4-18(5-8)11-9-10(15-6-14-9)16-12(13)17-11/h6-8H,3-5H2,1-2H3,(H,14,15,16,17). The molecule has 3 heterocycles. The molecule has 0 bridgehead atoms. The summed E-state index contributed by atoms with van der Waals surface area (Å²) in [5.41, 5.74) is 1.52. The van der Waals surface area contributed by atoms with E-state index in [1.54, 1.807) is 6.33 Å². The third kappa shape index (κ3) is 1.92. The average Bonchev–Trinajstić information content (AvgIpc) is 2.95. The Labute approximate surface area is 111 Å². The summed E-state index contributed by atoms with van der Waals surface area (Å²) < 4.78 is 0. The van der Waals surface area contributed by atoms with Crippen molar-refractivity contribution in [3.8, 4) is 0 Å². The van der Waals surface area contributed by atoms with E-state index < -0.39 is 0 Å². The summed E-state index contributed by atoms with van der Waals surface area (Å²) >= 11 is 5.96. The Balaban J connectivity index is 1.97. The van der Waals surface area contributed by atoms with Gasteiger partial charge < -0.3 is 9.88 Å². The van der Waals surface area contributed by atoms with Gasteiger partial charge in [-0.2, -0.15) is 9.97 Å². The number of rotatable bonds is 2.